The van der Waals surface area contributed by atoms with Crippen LogP contribution >= 0.6 is 0 Å². The standard InChI is InChI=1S/C17H18F3N3O2S/c18-17(19,20)15-6-7-22-9-16(15)26(24,25)23-10-13(8-21)14(11-23)12-4-2-1-3-5-12/h1-7,9,13-14H,8,10-11,21H2/t13-,14+/m1/s1. The van der Waals surface area contributed by atoms with Crippen molar-refractivity contribution in [3.8, 4) is 0 Å². The molecule has 2 aromatic rings. The number of halogens is 3. The number of nitrogens with zero attached hydrogens (tertiary/aromatic N) is 2. The maximum absolute atomic E-state index is 13.2. The zero-order chi connectivity index (χ0) is 18.9. The number of rotatable bonds is 4. The van der Waals surface area contributed by atoms with Gasteiger partial charge in [-0.25, -0.2) is 8.42 Å². The van der Waals surface area contributed by atoms with Gasteiger partial charge in [0.15, 0.2) is 0 Å². The fraction of sp³-hybridized carbons (Fsp3) is 0.353. The summed E-state index contributed by atoms with van der Waals surface area (Å²) in [6, 6.07) is 9.93. The third-order valence-electron chi connectivity index (χ3n) is 4.65. The van der Waals surface area contributed by atoms with Gasteiger partial charge in [0, 0.05) is 31.4 Å². The normalized spacial score (nSPS) is 21.8. The van der Waals surface area contributed by atoms with Crippen LogP contribution in [-0.4, -0.2) is 37.3 Å². The molecular formula is C17H18F3N3O2S. The number of hydrogen-bond acceptors (Lipinski definition) is 4. The van der Waals surface area contributed by atoms with E-state index in [9.17, 15) is 21.6 Å². The summed E-state index contributed by atoms with van der Waals surface area (Å²) in [5, 5.41) is 0. The van der Waals surface area contributed by atoms with Crippen LogP contribution < -0.4 is 5.73 Å². The smallest absolute Gasteiger partial charge is 0.330 e. The molecule has 2 atom stereocenters. The first-order valence-electron chi connectivity index (χ1n) is 8.01. The van der Waals surface area contributed by atoms with Crippen molar-refractivity contribution in [1.29, 1.82) is 0 Å². The quantitative estimate of drug-likeness (QED) is 0.877. The van der Waals surface area contributed by atoms with Crippen molar-refractivity contribution in [3.05, 3.63) is 59.9 Å². The fourth-order valence-electron chi connectivity index (χ4n) is 3.30. The molecule has 1 aromatic carbocycles. The Labute approximate surface area is 149 Å². The Hall–Kier alpha value is -1.97. The lowest BCUT2D eigenvalue weighted by molar-refractivity contribution is -0.140. The van der Waals surface area contributed by atoms with Gasteiger partial charge in [0.25, 0.3) is 0 Å². The lowest BCUT2D eigenvalue weighted by atomic mass is 9.89. The first kappa shape index (κ1) is 18.8. The van der Waals surface area contributed by atoms with Crippen LogP contribution in [0.3, 0.4) is 0 Å². The van der Waals surface area contributed by atoms with E-state index in [1.165, 1.54) is 0 Å². The van der Waals surface area contributed by atoms with Crippen LogP contribution in [0.25, 0.3) is 0 Å². The zero-order valence-electron chi connectivity index (χ0n) is 13.7. The predicted octanol–water partition coefficient (Wildman–Crippen LogP) is 2.46. The molecule has 9 heteroatoms. The molecule has 3 rings (SSSR count). The molecule has 140 valence electrons. The van der Waals surface area contributed by atoms with E-state index >= 15 is 0 Å². The topological polar surface area (TPSA) is 76.3 Å². The van der Waals surface area contributed by atoms with Crippen molar-refractivity contribution in [2.75, 3.05) is 19.6 Å². The number of aromatic nitrogens is 1. The zero-order valence-corrected chi connectivity index (χ0v) is 14.5. The highest BCUT2D eigenvalue weighted by Gasteiger charge is 2.43. The maximum Gasteiger partial charge on any atom is 0.417 e. The highest BCUT2D eigenvalue weighted by Crippen LogP contribution is 2.38. The fourth-order valence-corrected chi connectivity index (χ4v) is 4.98. The van der Waals surface area contributed by atoms with Gasteiger partial charge in [-0.05, 0) is 24.1 Å². The van der Waals surface area contributed by atoms with Gasteiger partial charge < -0.3 is 5.73 Å². The van der Waals surface area contributed by atoms with Crippen LogP contribution in [0.5, 0.6) is 0 Å². The van der Waals surface area contributed by atoms with E-state index in [1.807, 2.05) is 30.3 Å². The monoisotopic (exact) mass is 385 g/mol. The van der Waals surface area contributed by atoms with Crippen molar-refractivity contribution in [3.63, 3.8) is 0 Å². The molecular weight excluding hydrogens is 367 g/mol. The summed E-state index contributed by atoms with van der Waals surface area (Å²) in [4.78, 5) is 2.76. The molecule has 1 fully saturated rings. The molecule has 1 saturated heterocycles. The molecule has 2 N–H and O–H groups in total. The van der Waals surface area contributed by atoms with E-state index in [4.69, 9.17) is 5.73 Å². The molecule has 0 aliphatic carbocycles. The van der Waals surface area contributed by atoms with Gasteiger partial charge in [-0.3, -0.25) is 4.98 Å². The minimum atomic E-state index is -4.78. The molecule has 1 aliphatic rings. The van der Waals surface area contributed by atoms with Gasteiger partial charge >= 0.3 is 6.18 Å². The molecule has 1 aromatic heterocycles. The van der Waals surface area contributed by atoms with E-state index < -0.39 is 26.7 Å². The second-order valence-electron chi connectivity index (χ2n) is 6.20. The number of alkyl halides is 3. The van der Waals surface area contributed by atoms with Crippen molar-refractivity contribution in [2.24, 2.45) is 11.7 Å². The summed E-state index contributed by atoms with van der Waals surface area (Å²) in [5.41, 5.74) is 5.50. The molecule has 0 unspecified atom stereocenters. The summed E-state index contributed by atoms with van der Waals surface area (Å²) in [6.45, 7) is 0.399. The van der Waals surface area contributed by atoms with Crippen LogP contribution in [-0.2, 0) is 16.2 Å². The second kappa shape index (κ2) is 6.98. The van der Waals surface area contributed by atoms with Crippen molar-refractivity contribution >= 4 is 10.0 Å². The second-order valence-corrected chi connectivity index (χ2v) is 8.11. The summed E-state index contributed by atoms with van der Waals surface area (Å²) in [7, 11) is -4.34. The summed E-state index contributed by atoms with van der Waals surface area (Å²) >= 11 is 0. The predicted molar refractivity (Wildman–Crippen MR) is 89.7 cm³/mol. The number of benzene rings is 1. The van der Waals surface area contributed by atoms with E-state index in [-0.39, 0.29) is 31.5 Å². The lowest BCUT2D eigenvalue weighted by Crippen LogP contribution is -2.31. The van der Waals surface area contributed by atoms with E-state index in [0.717, 1.165) is 22.3 Å². The van der Waals surface area contributed by atoms with E-state index in [2.05, 4.69) is 4.98 Å². The Balaban J connectivity index is 1.97. The Morgan fingerprint density at radius 2 is 1.85 bits per heavy atom. The molecule has 0 saturated carbocycles. The lowest BCUT2D eigenvalue weighted by Gasteiger charge is -2.19. The molecule has 1 aliphatic heterocycles. The minimum Gasteiger partial charge on any atom is -0.330 e. The van der Waals surface area contributed by atoms with Gasteiger partial charge in [-0.15, -0.1) is 0 Å². The Morgan fingerprint density at radius 1 is 1.15 bits per heavy atom. The maximum atomic E-state index is 13.2. The molecule has 26 heavy (non-hydrogen) atoms. The Morgan fingerprint density at radius 3 is 2.46 bits per heavy atom. The minimum absolute atomic E-state index is 0.0740. The number of hydrogen-bond donors (Lipinski definition) is 1. The van der Waals surface area contributed by atoms with E-state index in [0.29, 0.717) is 6.07 Å². The SMILES string of the molecule is NC[C@@H]1CN(S(=O)(=O)c2cnccc2C(F)(F)F)C[C@H]1c1ccccc1. The molecule has 0 amide bonds. The summed E-state index contributed by atoms with van der Waals surface area (Å²) < 4.78 is 66.5. The highest BCUT2D eigenvalue weighted by atomic mass is 32.2. The third-order valence-corrected chi connectivity index (χ3v) is 6.50. The Kier molecular flexibility index (Phi) is 5.05. The van der Waals surface area contributed by atoms with Crippen LogP contribution in [0.1, 0.15) is 17.0 Å². The van der Waals surface area contributed by atoms with Gasteiger partial charge in [-0.2, -0.15) is 17.5 Å². The molecule has 5 nitrogen and oxygen atoms in total. The van der Waals surface area contributed by atoms with Crippen LogP contribution in [0.4, 0.5) is 13.2 Å². The van der Waals surface area contributed by atoms with Gasteiger partial charge in [0.05, 0.1) is 5.56 Å². The van der Waals surface area contributed by atoms with Gasteiger partial charge in [-0.1, -0.05) is 30.3 Å². The molecule has 0 bridgehead atoms. The van der Waals surface area contributed by atoms with Crippen LogP contribution in [0.2, 0.25) is 0 Å². The number of sulfonamides is 1. The molecule has 0 radical (unpaired) electrons. The van der Waals surface area contributed by atoms with Crippen LogP contribution in [0, 0.1) is 5.92 Å². The molecule has 2 heterocycles. The highest BCUT2D eigenvalue weighted by molar-refractivity contribution is 7.89. The van der Waals surface area contributed by atoms with Crippen molar-refractivity contribution < 1.29 is 21.6 Å². The number of pyridine rings is 1. The van der Waals surface area contributed by atoms with Crippen LogP contribution in [0.15, 0.2) is 53.7 Å². The first-order valence-corrected chi connectivity index (χ1v) is 9.45. The molecule has 0 spiro atoms. The van der Waals surface area contributed by atoms with Gasteiger partial charge in [0.2, 0.25) is 10.0 Å². The largest absolute Gasteiger partial charge is 0.417 e. The average Bonchev–Trinajstić information content (AvgIpc) is 3.07. The third kappa shape index (κ3) is 3.46. The van der Waals surface area contributed by atoms with Gasteiger partial charge in [0.1, 0.15) is 4.90 Å². The first-order chi connectivity index (χ1) is 12.2. The van der Waals surface area contributed by atoms with E-state index in [1.54, 1.807) is 0 Å². The summed E-state index contributed by atoms with van der Waals surface area (Å²) in [6.07, 6.45) is -3.09. The van der Waals surface area contributed by atoms with Crippen molar-refractivity contribution in [2.45, 2.75) is 17.0 Å². The average molecular weight is 385 g/mol. The van der Waals surface area contributed by atoms with Crippen molar-refractivity contribution in [1.82, 2.24) is 9.29 Å². The number of nitrogens with two attached hydrogens (primary N) is 1. The summed E-state index contributed by atoms with van der Waals surface area (Å²) in [5.74, 6) is -0.333. The Bertz CT molecular complexity index is 872.